The number of thiazole rings is 1. The first-order valence-corrected chi connectivity index (χ1v) is 12.2. The van der Waals surface area contributed by atoms with Crippen molar-refractivity contribution in [3.8, 4) is 26.8 Å². The van der Waals surface area contributed by atoms with Crippen molar-refractivity contribution in [1.29, 1.82) is 0 Å². The molecule has 1 atom stereocenters. The second kappa shape index (κ2) is 9.98. The lowest BCUT2D eigenvalue weighted by atomic mass is 9.99. The van der Waals surface area contributed by atoms with E-state index in [0.29, 0.717) is 6.54 Å². The average molecular weight is 462 g/mol. The van der Waals surface area contributed by atoms with E-state index in [1.807, 2.05) is 51.3 Å². The minimum Gasteiger partial charge on any atom is -0.491 e. The second-order valence-electron chi connectivity index (χ2n) is 9.10. The number of aryl methyl sites for hydroxylation is 1. The molecule has 33 heavy (non-hydrogen) atoms. The SMILES string of the molecule is Cc1cc(-c2ncc(-c3cccc4c3CCC4C=NC(=O)CN(C)C)s2)ccc1OC(C)C. The highest BCUT2D eigenvalue weighted by atomic mass is 32.1. The molecule has 4 rings (SSSR count). The highest BCUT2D eigenvalue weighted by Crippen LogP contribution is 2.41. The van der Waals surface area contributed by atoms with E-state index in [0.717, 1.165) is 34.7 Å². The number of likely N-dealkylation sites (N-methyl/N-ethyl adjacent to an activating group) is 1. The maximum atomic E-state index is 12.0. The van der Waals surface area contributed by atoms with Crippen molar-refractivity contribution >= 4 is 23.5 Å². The Bertz CT molecular complexity index is 1180. The van der Waals surface area contributed by atoms with Crippen molar-refractivity contribution in [2.24, 2.45) is 4.99 Å². The molecule has 0 saturated heterocycles. The molecule has 1 amide bonds. The predicted molar refractivity (Wildman–Crippen MR) is 137 cm³/mol. The van der Waals surface area contributed by atoms with Gasteiger partial charge in [-0.1, -0.05) is 18.2 Å². The predicted octanol–water partition coefficient (Wildman–Crippen LogP) is 5.76. The molecule has 0 bridgehead atoms. The smallest absolute Gasteiger partial charge is 0.259 e. The number of hydrogen-bond donors (Lipinski definition) is 0. The number of rotatable bonds is 7. The number of hydrogen-bond acceptors (Lipinski definition) is 5. The number of aliphatic imine (C=N–C) groups is 1. The summed E-state index contributed by atoms with van der Waals surface area (Å²) in [7, 11) is 3.76. The number of aromatic nitrogens is 1. The van der Waals surface area contributed by atoms with Gasteiger partial charge in [-0.05, 0) is 88.2 Å². The lowest BCUT2D eigenvalue weighted by Gasteiger charge is -2.12. The third-order valence-corrected chi connectivity index (χ3v) is 6.80. The van der Waals surface area contributed by atoms with Gasteiger partial charge in [-0.25, -0.2) is 9.98 Å². The van der Waals surface area contributed by atoms with E-state index in [-0.39, 0.29) is 17.9 Å². The van der Waals surface area contributed by atoms with Gasteiger partial charge in [0.25, 0.3) is 5.91 Å². The van der Waals surface area contributed by atoms with E-state index in [1.54, 1.807) is 11.3 Å². The molecule has 1 aliphatic carbocycles. The maximum Gasteiger partial charge on any atom is 0.259 e. The first-order chi connectivity index (χ1) is 15.8. The molecule has 1 aliphatic rings. The van der Waals surface area contributed by atoms with Crippen LogP contribution in [0.2, 0.25) is 0 Å². The number of ether oxygens (including phenoxy) is 1. The van der Waals surface area contributed by atoms with Gasteiger partial charge in [0.05, 0.1) is 17.5 Å². The molecule has 0 aliphatic heterocycles. The molecule has 5 nitrogen and oxygen atoms in total. The van der Waals surface area contributed by atoms with E-state index in [2.05, 4.69) is 42.2 Å². The fourth-order valence-corrected chi connectivity index (χ4v) is 5.22. The first-order valence-electron chi connectivity index (χ1n) is 11.4. The minimum atomic E-state index is -0.100. The van der Waals surface area contributed by atoms with Crippen molar-refractivity contribution in [3.05, 3.63) is 59.3 Å². The number of carbonyl (C=O) groups excluding carboxylic acids is 1. The van der Waals surface area contributed by atoms with Crippen LogP contribution in [0.5, 0.6) is 5.75 Å². The summed E-state index contributed by atoms with van der Waals surface area (Å²) in [5, 5.41) is 1.01. The fraction of sp³-hybridized carbons (Fsp3) is 0.370. The Morgan fingerprint density at radius 3 is 2.85 bits per heavy atom. The van der Waals surface area contributed by atoms with Gasteiger partial charge in [-0.3, -0.25) is 4.79 Å². The van der Waals surface area contributed by atoms with Crippen LogP contribution >= 0.6 is 11.3 Å². The quantitative estimate of drug-likeness (QED) is 0.420. The Morgan fingerprint density at radius 2 is 2.12 bits per heavy atom. The van der Waals surface area contributed by atoms with E-state index in [9.17, 15) is 4.79 Å². The van der Waals surface area contributed by atoms with Crippen LogP contribution in [0.3, 0.4) is 0 Å². The number of amides is 1. The number of nitrogens with zero attached hydrogens (tertiary/aromatic N) is 3. The fourth-order valence-electron chi connectivity index (χ4n) is 4.26. The van der Waals surface area contributed by atoms with E-state index in [1.165, 1.54) is 21.6 Å². The summed E-state index contributed by atoms with van der Waals surface area (Å²) in [6, 6.07) is 12.7. The number of benzene rings is 2. The Kier molecular flexibility index (Phi) is 7.05. The Labute approximate surface area is 200 Å². The summed E-state index contributed by atoms with van der Waals surface area (Å²) in [6.07, 6.45) is 5.93. The van der Waals surface area contributed by atoms with Crippen molar-refractivity contribution in [2.75, 3.05) is 20.6 Å². The normalized spacial score (nSPS) is 15.5. The summed E-state index contributed by atoms with van der Waals surface area (Å²) < 4.78 is 5.87. The zero-order valence-electron chi connectivity index (χ0n) is 20.0. The first kappa shape index (κ1) is 23.3. The number of carbonyl (C=O) groups is 1. The molecular formula is C27H31N3O2S. The summed E-state index contributed by atoms with van der Waals surface area (Å²) in [5.74, 6) is 1.01. The van der Waals surface area contributed by atoms with Gasteiger partial charge in [0.2, 0.25) is 0 Å². The van der Waals surface area contributed by atoms with Gasteiger partial charge in [-0.2, -0.15) is 0 Å². The molecular weight excluding hydrogens is 430 g/mol. The molecule has 0 N–H and O–H groups in total. The van der Waals surface area contributed by atoms with Crippen LogP contribution in [0.15, 0.2) is 47.6 Å². The molecule has 2 aromatic carbocycles. The topological polar surface area (TPSA) is 54.8 Å². The molecule has 3 aromatic rings. The Morgan fingerprint density at radius 1 is 1.30 bits per heavy atom. The van der Waals surface area contributed by atoms with Gasteiger partial charge in [0, 0.05) is 23.9 Å². The lowest BCUT2D eigenvalue weighted by molar-refractivity contribution is -0.118. The average Bonchev–Trinajstić information content (AvgIpc) is 3.40. The van der Waals surface area contributed by atoms with Crippen LogP contribution < -0.4 is 4.74 Å². The molecule has 1 unspecified atom stereocenters. The second-order valence-corrected chi connectivity index (χ2v) is 10.1. The van der Waals surface area contributed by atoms with Crippen LogP contribution in [0.1, 0.15) is 42.9 Å². The minimum absolute atomic E-state index is 0.100. The molecule has 0 fully saturated rings. The summed E-state index contributed by atoms with van der Waals surface area (Å²) in [4.78, 5) is 23.9. The van der Waals surface area contributed by atoms with Crippen LogP contribution in [-0.2, 0) is 11.2 Å². The van der Waals surface area contributed by atoms with E-state index >= 15 is 0 Å². The maximum absolute atomic E-state index is 12.0. The molecule has 0 radical (unpaired) electrons. The van der Waals surface area contributed by atoms with Crippen molar-refractivity contribution < 1.29 is 9.53 Å². The highest BCUT2D eigenvalue weighted by molar-refractivity contribution is 7.18. The standard InChI is InChI=1S/C27H31N3O2S/c1-17(2)32-24-12-10-19(13-18(24)3)27-29-15-25(33-27)23-8-6-7-21-20(9-11-22(21)23)14-28-26(31)16-30(4)5/h6-8,10,12-15,17,20H,9,11,16H2,1-5H3. The van der Waals surface area contributed by atoms with Crippen molar-refractivity contribution in [3.63, 3.8) is 0 Å². The molecule has 1 heterocycles. The summed E-state index contributed by atoms with van der Waals surface area (Å²) >= 11 is 1.71. The summed E-state index contributed by atoms with van der Waals surface area (Å²) in [5.41, 5.74) is 6.08. The van der Waals surface area contributed by atoms with Crippen LogP contribution in [0.4, 0.5) is 0 Å². The third kappa shape index (κ3) is 5.40. The zero-order chi connectivity index (χ0) is 23.5. The van der Waals surface area contributed by atoms with Gasteiger partial charge in [0.15, 0.2) is 0 Å². The molecule has 1 aromatic heterocycles. The lowest BCUT2D eigenvalue weighted by Crippen LogP contribution is -2.20. The van der Waals surface area contributed by atoms with Crippen LogP contribution in [-0.4, -0.2) is 48.7 Å². The largest absolute Gasteiger partial charge is 0.491 e. The molecule has 0 spiro atoms. The van der Waals surface area contributed by atoms with Gasteiger partial charge in [0.1, 0.15) is 10.8 Å². The Hall–Kier alpha value is -2.83. The highest BCUT2D eigenvalue weighted by Gasteiger charge is 2.25. The van der Waals surface area contributed by atoms with Gasteiger partial charge < -0.3 is 9.64 Å². The summed E-state index contributed by atoms with van der Waals surface area (Å²) in [6.45, 7) is 6.49. The monoisotopic (exact) mass is 461 g/mol. The van der Waals surface area contributed by atoms with E-state index in [4.69, 9.17) is 9.72 Å². The zero-order valence-corrected chi connectivity index (χ0v) is 20.8. The van der Waals surface area contributed by atoms with Crippen LogP contribution in [0.25, 0.3) is 21.0 Å². The van der Waals surface area contributed by atoms with Crippen molar-refractivity contribution in [1.82, 2.24) is 9.88 Å². The molecule has 6 heteroatoms. The van der Waals surface area contributed by atoms with Crippen LogP contribution in [0, 0.1) is 6.92 Å². The third-order valence-electron chi connectivity index (χ3n) is 5.72. The number of fused-ring (bicyclic) bond motifs is 1. The molecule has 0 saturated carbocycles. The van der Waals surface area contributed by atoms with Gasteiger partial charge >= 0.3 is 0 Å². The van der Waals surface area contributed by atoms with Crippen molar-refractivity contribution in [2.45, 2.75) is 45.6 Å². The van der Waals surface area contributed by atoms with E-state index < -0.39 is 0 Å². The molecule has 172 valence electrons. The Balaban J connectivity index is 1.57. The van der Waals surface area contributed by atoms with Gasteiger partial charge in [-0.15, -0.1) is 11.3 Å².